The van der Waals surface area contributed by atoms with Crippen molar-refractivity contribution < 1.29 is 31.1 Å². The number of ether oxygens (including phenoxy) is 1. The molecule has 2 aromatic rings. The van der Waals surface area contributed by atoms with Crippen LogP contribution in [0.3, 0.4) is 0 Å². The molecule has 0 atom stereocenters. The van der Waals surface area contributed by atoms with Crippen molar-refractivity contribution in [2.75, 3.05) is 31.1 Å². The Balaban J connectivity index is 1.80. The summed E-state index contributed by atoms with van der Waals surface area (Å²) in [6.45, 7) is 8.43. The minimum atomic E-state index is -4.59. The molecular formula is C24H29F3N4O4S. The van der Waals surface area contributed by atoms with Crippen LogP contribution in [0, 0.1) is 6.92 Å². The van der Waals surface area contributed by atoms with Gasteiger partial charge in [-0.25, -0.2) is 9.63 Å². The molecule has 0 bridgehead atoms. The van der Waals surface area contributed by atoms with E-state index in [1.165, 1.54) is 23.1 Å². The zero-order valence-corrected chi connectivity index (χ0v) is 21.3. The van der Waals surface area contributed by atoms with Gasteiger partial charge in [-0.2, -0.15) is 26.7 Å². The van der Waals surface area contributed by atoms with Gasteiger partial charge in [-0.1, -0.05) is 17.7 Å². The van der Waals surface area contributed by atoms with Crippen LogP contribution in [-0.2, 0) is 20.9 Å². The van der Waals surface area contributed by atoms with Crippen molar-refractivity contribution in [3.05, 3.63) is 59.2 Å². The smallest absolute Gasteiger partial charge is 0.416 e. The van der Waals surface area contributed by atoms with Crippen molar-refractivity contribution in [3.63, 3.8) is 0 Å². The fourth-order valence-corrected chi connectivity index (χ4v) is 4.31. The van der Waals surface area contributed by atoms with Crippen LogP contribution in [0.1, 0.15) is 37.5 Å². The number of hydrogen-bond donors (Lipinski definition) is 1. The van der Waals surface area contributed by atoms with E-state index in [0.717, 1.165) is 23.9 Å². The third-order valence-corrected chi connectivity index (χ3v) is 6.57. The first-order chi connectivity index (χ1) is 16.7. The number of amides is 1. The summed E-state index contributed by atoms with van der Waals surface area (Å²) < 4.78 is 70.4. The van der Waals surface area contributed by atoms with Crippen molar-refractivity contribution in [2.24, 2.45) is 5.10 Å². The van der Waals surface area contributed by atoms with Gasteiger partial charge in [0.15, 0.2) is 0 Å². The van der Waals surface area contributed by atoms with Gasteiger partial charge in [0.25, 0.3) is 10.0 Å². The Bertz CT molecular complexity index is 1220. The fraction of sp³-hybridized carbons (Fsp3) is 0.417. The summed E-state index contributed by atoms with van der Waals surface area (Å²) in [5.41, 5.74) is -0.136. The van der Waals surface area contributed by atoms with Crippen LogP contribution in [0.2, 0.25) is 0 Å². The summed E-state index contributed by atoms with van der Waals surface area (Å²) >= 11 is 0. The van der Waals surface area contributed by atoms with E-state index < -0.39 is 33.5 Å². The van der Waals surface area contributed by atoms with Crippen LogP contribution in [-0.4, -0.2) is 57.4 Å². The van der Waals surface area contributed by atoms with E-state index in [1.807, 2.05) is 16.7 Å². The number of hydrogen-bond acceptors (Lipinski definition) is 6. The van der Waals surface area contributed by atoms with E-state index in [1.54, 1.807) is 32.9 Å². The number of piperazine rings is 1. The maximum absolute atomic E-state index is 13.4. The first-order valence-corrected chi connectivity index (χ1v) is 12.7. The standard InChI is InChI=1S/C24H29F3N4O4S/c1-17-5-8-20(9-6-17)36(33,34)29-28-16-18-15-19(24(25,26)27)7-10-21(18)30-11-13-31(14-12-30)22(32)35-23(2,3)4/h5-10,15-16,29H,11-14H2,1-4H3/b28-16+. The SMILES string of the molecule is Cc1ccc(S(=O)(=O)N/N=C/c2cc(C(F)(F)F)ccc2N2CCN(C(=O)OC(C)(C)C)CC2)cc1. The van der Waals surface area contributed by atoms with Gasteiger partial charge in [0.1, 0.15) is 5.60 Å². The lowest BCUT2D eigenvalue weighted by atomic mass is 10.1. The molecule has 196 valence electrons. The largest absolute Gasteiger partial charge is 0.444 e. The Morgan fingerprint density at radius 1 is 1.03 bits per heavy atom. The number of sulfonamides is 1. The number of rotatable bonds is 5. The Labute approximate surface area is 208 Å². The van der Waals surface area contributed by atoms with Crippen molar-refractivity contribution in [3.8, 4) is 0 Å². The van der Waals surface area contributed by atoms with E-state index >= 15 is 0 Å². The lowest BCUT2D eigenvalue weighted by molar-refractivity contribution is -0.137. The number of nitrogens with one attached hydrogen (secondary N) is 1. The minimum absolute atomic E-state index is 0.0206. The molecule has 36 heavy (non-hydrogen) atoms. The lowest BCUT2D eigenvalue weighted by Gasteiger charge is -2.37. The molecule has 0 spiro atoms. The van der Waals surface area contributed by atoms with Crippen molar-refractivity contribution >= 4 is 28.0 Å². The summed E-state index contributed by atoms with van der Waals surface area (Å²) in [4.78, 5) is 17.7. The molecule has 1 amide bonds. The minimum Gasteiger partial charge on any atom is -0.444 e. The molecule has 3 rings (SSSR count). The number of anilines is 1. The highest BCUT2D eigenvalue weighted by atomic mass is 32.2. The van der Waals surface area contributed by atoms with Gasteiger partial charge in [-0.05, 0) is 58.0 Å². The van der Waals surface area contributed by atoms with E-state index in [-0.39, 0.29) is 10.5 Å². The number of carbonyl (C=O) groups is 1. The first kappa shape index (κ1) is 27.3. The average molecular weight is 527 g/mol. The number of benzene rings is 2. The van der Waals surface area contributed by atoms with E-state index in [9.17, 15) is 26.4 Å². The molecule has 2 aromatic carbocycles. The van der Waals surface area contributed by atoms with Gasteiger partial charge < -0.3 is 14.5 Å². The quantitative estimate of drug-likeness (QED) is 0.461. The average Bonchev–Trinajstić information content (AvgIpc) is 2.77. The van der Waals surface area contributed by atoms with Crippen LogP contribution in [0.4, 0.5) is 23.7 Å². The second-order valence-electron chi connectivity index (χ2n) is 9.39. The van der Waals surface area contributed by atoms with E-state index in [0.29, 0.717) is 31.9 Å². The van der Waals surface area contributed by atoms with Crippen LogP contribution in [0.25, 0.3) is 0 Å². The molecule has 0 saturated carbocycles. The maximum Gasteiger partial charge on any atom is 0.416 e. The number of nitrogens with zero attached hydrogens (tertiary/aromatic N) is 3. The molecule has 8 nitrogen and oxygen atoms in total. The molecule has 0 aromatic heterocycles. The molecule has 0 unspecified atom stereocenters. The van der Waals surface area contributed by atoms with Gasteiger partial charge >= 0.3 is 12.3 Å². The Morgan fingerprint density at radius 3 is 2.19 bits per heavy atom. The molecule has 1 saturated heterocycles. The zero-order chi connectivity index (χ0) is 26.7. The number of alkyl halides is 3. The normalized spacial score (nSPS) is 15.3. The summed E-state index contributed by atoms with van der Waals surface area (Å²) in [7, 11) is -4.00. The number of carbonyl (C=O) groups excluding carboxylic acids is 1. The van der Waals surface area contributed by atoms with Gasteiger partial charge in [0.2, 0.25) is 0 Å². The molecule has 0 aliphatic carbocycles. The second kappa shape index (κ2) is 10.4. The fourth-order valence-electron chi connectivity index (χ4n) is 3.51. The van der Waals surface area contributed by atoms with Crippen LogP contribution in [0.5, 0.6) is 0 Å². The van der Waals surface area contributed by atoms with E-state index in [4.69, 9.17) is 4.74 Å². The Hall–Kier alpha value is -3.28. The maximum atomic E-state index is 13.4. The molecule has 12 heteroatoms. The van der Waals surface area contributed by atoms with Crippen molar-refractivity contribution in [1.82, 2.24) is 9.73 Å². The highest BCUT2D eigenvalue weighted by molar-refractivity contribution is 7.89. The Morgan fingerprint density at radius 2 is 1.64 bits per heavy atom. The van der Waals surface area contributed by atoms with Gasteiger partial charge in [0, 0.05) is 37.4 Å². The molecule has 1 N–H and O–H groups in total. The lowest BCUT2D eigenvalue weighted by Crippen LogP contribution is -2.50. The summed E-state index contributed by atoms with van der Waals surface area (Å²) in [5.74, 6) is 0. The topological polar surface area (TPSA) is 91.3 Å². The Kier molecular flexibility index (Phi) is 7.87. The first-order valence-electron chi connectivity index (χ1n) is 11.2. The summed E-state index contributed by atoms with van der Waals surface area (Å²) in [5, 5.41) is 3.73. The molecule has 0 radical (unpaired) electrons. The summed E-state index contributed by atoms with van der Waals surface area (Å²) in [6.07, 6.45) is -3.99. The van der Waals surface area contributed by atoms with Crippen LogP contribution >= 0.6 is 0 Å². The van der Waals surface area contributed by atoms with Gasteiger partial charge in [-0.3, -0.25) is 0 Å². The van der Waals surface area contributed by atoms with Crippen LogP contribution < -0.4 is 9.73 Å². The van der Waals surface area contributed by atoms with E-state index in [2.05, 4.69) is 5.10 Å². The van der Waals surface area contributed by atoms with Gasteiger partial charge in [-0.15, -0.1) is 0 Å². The predicted molar refractivity (Wildman–Crippen MR) is 131 cm³/mol. The predicted octanol–water partition coefficient (Wildman–Crippen LogP) is 4.38. The van der Waals surface area contributed by atoms with Crippen molar-refractivity contribution in [1.29, 1.82) is 0 Å². The summed E-state index contributed by atoms with van der Waals surface area (Å²) in [6, 6.07) is 9.27. The third kappa shape index (κ3) is 7.12. The highest BCUT2D eigenvalue weighted by Crippen LogP contribution is 2.33. The third-order valence-electron chi connectivity index (χ3n) is 5.33. The molecule has 1 fully saturated rings. The second-order valence-corrected chi connectivity index (χ2v) is 11.1. The van der Waals surface area contributed by atoms with Crippen LogP contribution in [0.15, 0.2) is 52.5 Å². The number of halogens is 3. The molecule has 1 heterocycles. The highest BCUT2D eigenvalue weighted by Gasteiger charge is 2.32. The molecular weight excluding hydrogens is 497 g/mol. The molecule has 1 aliphatic heterocycles. The number of hydrazone groups is 1. The van der Waals surface area contributed by atoms with Crippen molar-refractivity contribution in [2.45, 2.75) is 44.4 Å². The monoisotopic (exact) mass is 526 g/mol. The molecule has 1 aliphatic rings. The number of aryl methyl sites for hydroxylation is 1. The van der Waals surface area contributed by atoms with Gasteiger partial charge in [0.05, 0.1) is 16.7 Å². The zero-order valence-electron chi connectivity index (χ0n) is 20.5.